The molecule has 0 saturated carbocycles. The summed E-state index contributed by atoms with van der Waals surface area (Å²) in [6.07, 6.45) is 5.17. The molecule has 0 aliphatic carbocycles. The Kier molecular flexibility index (Phi) is 8.41. The number of methoxy groups -OCH3 is 2. The molecule has 39 heavy (non-hydrogen) atoms. The standard InChI is InChI=1S/C26H30N8O4.H2S/c1-14(2)21(25-27-7-6-8-28-25)32-23-20(26(35)31-17-13-34(3)33-22(17)23)24-29-15-11-18(37-5)19(12-16(15)30-24)38-10-9-36-4;/h6-8,11-14,21,32H,9-10H2,1-5H3,(H,29,30)(H,31,35);1H2/t21-;/m0./s1. The molecule has 0 fully saturated rings. The van der Waals surface area contributed by atoms with Crippen LogP contribution in [0.3, 0.4) is 0 Å². The Morgan fingerprint density at radius 3 is 2.51 bits per heavy atom. The Hall–Kier alpha value is -4.10. The Morgan fingerprint density at radius 1 is 1.05 bits per heavy atom. The molecule has 0 aliphatic heterocycles. The highest BCUT2D eigenvalue weighted by molar-refractivity contribution is 7.59. The van der Waals surface area contributed by atoms with E-state index in [0.29, 0.717) is 69.7 Å². The summed E-state index contributed by atoms with van der Waals surface area (Å²) in [6, 6.07) is 5.06. The minimum atomic E-state index is -0.313. The molecule has 206 valence electrons. The van der Waals surface area contributed by atoms with Gasteiger partial charge in [0.25, 0.3) is 5.56 Å². The van der Waals surface area contributed by atoms with Crippen LogP contribution < -0.4 is 20.3 Å². The van der Waals surface area contributed by atoms with Crippen molar-refractivity contribution in [1.82, 2.24) is 34.7 Å². The number of aromatic nitrogens is 7. The maximum absolute atomic E-state index is 13.5. The van der Waals surface area contributed by atoms with E-state index in [1.54, 1.807) is 62.7 Å². The Balaban J connectivity index is 0.00000353. The first-order valence-electron chi connectivity index (χ1n) is 12.2. The number of nitrogens with zero attached hydrogens (tertiary/aromatic N) is 5. The monoisotopic (exact) mass is 552 g/mol. The van der Waals surface area contributed by atoms with Gasteiger partial charge in [-0.15, -0.1) is 0 Å². The van der Waals surface area contributed by atoms with Crippen LogP contribution in [0.25, 0.3) is 33.5 Å². The molecule has 0 unspecified atom stereocenters. The average molecular weight is 553 g/mol. The van der Waals surface area contributed by atoms with E-state index >= 15 is 0 Å². The molecule has 0 saturated heterocycles. The summed E-state index contributed by atoms with van der Waals surface area (Å²) in [7, 11) is 4.98. The highest BCUT2D eigenvalue weighted by atomic mass is 32.1. The van der Waals surface area contributed by atoms with E-state index in [-0.39, 0.29) is 31.0 Å². The van der Waals surface area contributed by atoms with Crippen LogP contribution in [0.1, 0.15) is 25.7 Å². The highest BCUT2D eigenvalue weighted by Crippen LogP contribution is 2.36. The summed E-state index contributed by atoms with van der Waals surface area (Å²) in [4.78, 5) is 33.4. The van der Waals surface area contributed by atoms with Crippen molar-refractivity contribution in [3.8, 4) is 22.9 Å². The van der Waals surface area contributed by atoms with E-state index in [2.05, 4.69) is 44.2 Å². The minimum Gasteiger partial charge on any atom is -0.493 e. The number of imidazole rings is 1. The smallest absolute Gasteiger partial charge is 0.261 e. The molecule has 5 rings (SSSR count). The van der Waals surface area contributed by atoms with E-state index in [0.717, 1.165) is 0 Å². The molecule has 1 aromatic carbocycles. The van der Waals surface area contributed by atoms with Crippen molar-refractivity contribution in [3.05, 3.63) is 53.0 Å². The number of benzene rings is 1. The molecular formula is C26H32N8O4S. The summed E-state index contributed by atoms with van der Waals surface area (Å²) in [5.41, 5.74) is 3.07. The van der Waals surface area contributed by atoms with Crippen LogP contribution >= 0.6 is 13.5 Å². The van der Waals surface area contributed by atoms with Crippen molar-refractivity contribution < 1.29 is 14.2 Å². The molecule has 0 spiro atoms. The van der Waals surface area contributed by atoms with E-state index in [9.17, 15) is 4.79 Å². The van der Waals surface area contributed by atoms with Gasteiger partial charge in [0, 0.05) is 44.9 Å². The normalized spacial score (nSPS) is 12.1. The number of fused-ring (bicyclic) bond motifs is 2. The first-order valence-corrected chi connectivity index (χ1v) is 12.2. The van der Waals surface area contributed by atoms with Crippen molar-refractivity contribution in [1.29, 1.82) is 0 Å². The summed E-state index contributed by atoms with van der Waals surface area (Å²) in [5.74, 6) is 2.17. The van der Waals surface area contributed by atoms with Crippen LogP contribution in [0, 0.1) is 5.92 Å². The number of aromatic amines is 2. The van der Waals surface area contributed by atoms with Crippen molar-refractivity contribution in [2.24, 2.45) is 13.0 Å². The largest absolute Gasteiger partial charge is 0.493 e. The van der Waals surface area contributed by atoms with Crippen LogP contribution in [0.4, 0.5) is 5.69 Å². The number of aryl methyl sites for hydroxylation is 1. The number of H-pyrrole nitrogens is 2. The van der Waals surface area contributed by atoms with Crippen molar-refractivity contribution in [2.45, 2.75) is 19.9 Å². The van der Waals surface area contributed by atoms with E-state index in [1.807, 2.05) is 0 Å². The summed E-state index contributed by atoms with van der Waals surface area (Å²) in [6.45, 7) is 4.93. The number of hydrogen-bond donors (Lipinski definition) is 3. The predicted molar refractivity (Wildman–Crippen MR) is 154 cm³/mol. The second-order valence-corrected chi connectivity index (χ2v) is 9.19. The predicted octanol–water partition coefficient (Wildman–Crippen LogP) is 3.55. The second-order valence-electron chi connectivity index (χ2n) is 9.19. The van der Waals surface area contributed by atoms with Gasteiger partial charge < -0.3 is 29.5 Å². The number of pyridine rings is 1. The van der Waals surface area contributed by atoms with Gasteiger partial charge in [-0.05, 0) is 12.0 Å². The third-order valence-electron chi connectivity index (χ3n) is 6.17. The Morgan fingerprint density at radius 2 is 1.82 bits per heavy atom. The van der Waals surface area contributed by atoms with Gasteiger partial charge in [-0.1, -0.05) is 13.8 Å². The maximum atomic E-state index is 13.5. The summed E-state index contributed by atoms with van der Waals surface area (Å²) < 4.78 is 18.1. The van der Waals surface area contributed by atoms with Gasteiger partial charge in [0.05, 0.1) is 42.0 Å². The van der Waals surface area contributed by atoms with Crippen LogP contribution in [0.2, 0.25) is 0 Å². The minimum absolute atomic E-state index is 0. The van der Waals surface area contributed by atoms with Gasteiger partial charge in [0.2, 0.25) is 0 Å². The molecule has 4 heterocycles. The molecule has 1 atom stereocenters. The number of rotatable bonds is 10. The zero-order valence-electron chi connectivity index (χ0n) is 22.4. The summed E-state index contributed by atoms with van der Waals surface area (Å²) >= 11 is 0. The van der Waals surface area contributed by atoms with Crippen molar-refractivity contribution >= 4 is 41.2 Å². The molecule has 4 aromatic heterocycles. The lowest BCUT2D eigenvalue weighted by molar-refractivity contribution is 0.144. The fourth-order valence-corrected chi connectivity index (χ4v) is 4.35. The average Bonchev–Trinajstić information content (AvgIpc) is 3.48. The van der Waals surface area contributed by atoms with Crippen molar-refractivity contribution in [2.75, 3.05) is 32.8 Å². The van der Waals surface area contributed by atoms with E-state index in [4.69, 9.17) is 19.2 Å². The van der Waals surface area contributed by atoms with Gasteiger partial charge in [0.1, 0.15) is 23.5 Å². The lowest BCUT2D eigenvalue weighted by Crippen LogP contribution is -2.22. The lowest BCUT2D eigenvalue weighted by atomic mass is 10.0. The van der Waals surface area contributed by atoms with Crippen LogP contribution in [-0.4, -0.2) is 62.1 Å². The second kappa shape index (κ2) is 11.7. The Bertz CT molecular complexity index is 1630. The fraction of sp³-hybridized carbons (Fsp3) is 0.346. The number of anilines is 1. The fourth-order valence-electron chi connectivity index (χ4n) is 4.35. The third-order valence-corrected chi connectivity index (χ3v) is 6.17. The van der Waals surface area contributed by atoms with Gasteiger partial charge in [-0.25, -0.2) is 15.0 Å². The number of hydrogen-bond acceptors (Lipinski definition) is 9. The molecule has 12 nitrogen and oxygen atoms in total. The maximum Gasteiger partial charge on any atom is 0.261 e. The zero-order valence-corrected chi connectivity index (χ0v) is 23.4. The van der Waals surface area contributed by atoms with Crippen LogP contribution in [0.5, 0.6) is 11.5 Å². The topological polar surface area (TPSA) is 145 Å². The van der Waals surface area contributed by atoms with Gasteiger partial charge >= 0.3 is 0 Å². The highest BCUT2D eigenvalue weighted by Gasteiger charge is 2.26. The zero-order chi connectivity index (χ0) is 26.8. The molecule has 0 radical (unpaired) electrons. The van der Waals surface area contributed by atoms with Gasteiger partial charge in [-0.3, -0.25) is 9.48 Å². The number of ether oxygens (including phenoxy) is 3. The molecule has 3 N–H and O–H groups in total. The van der Waals surface area contributed by atoms with Crippen LogP contribution in [-0.2, 0) is 11.8 Å². The van der Waals surface area contributed by atoms with E-state index < -0.39 is 0 Å². The third kappa shape index (κ3) is 5.54. The van der Waals surface area contributed by atoms with E-state index in [1.165, 1.54) is 0 Å². The van der Waals surface area contributed by atoms with Gasteiger partial charge in [-0.2, -0.15) is 18.6 Å². The molecule has 13 heteroatoms. The lowest BCUT2D eigenvalue weighted by Gasteiger charge is -2.23. The first-order chi connectivity index (χ1) is 18.4. The summed E-state index contributed by atoms with van der Waals surface area (Å²) in [5, 5.41) is 8.16. The SMILES string of the molecule is COCCOc1cc2[nH]c(-c3c(N[C@H](c4ncccn4)C(C)C)c4nn(C)cc4[nH]c3=O)nc2cc1OC.S. The first kappa shape index (κ1) is 27.9. The molecule has 0 aliphatic rings. The molecule has 0 bridgehead atoms. The molecule has 0 amide bonds. The Labute approximate surface area is 231 Å². The van der Waals surface area contributed by atoms with Gasteiger partial charge in [0.15, 0.2) is 17.3 Å². The van der Waals surface area contributed by atoms with Crippen LogP contribution in [0.15, 0.2) is 41.6 Å². The quantitative estimate of drug-likeness (QED) is 0.221. The molecular weight excluding hydrogens is 520 g/mol. The number of nitrogens with one attached hydrogen (secondary N) is 3. The molecule has 5 aromatic rings. The van der Waals surface area contributed by atoms with Crippen molar-refractivity contribution in [3.63, 3.8) is 0 Å².